The monoisotopic (exact) mass is 234 g/mol. The van der Waals surface area contributed by atoms with Gasteiger partial charge in [0.25, 0.3) is 0 Å². The zero-order valence-electron chi connectivity index (χ0n) is 8.56. The van der Waals surface area contributed by atoms with Gasteiger partial charge in [-0.3, -0.25) is 4.98 Å². The van der Waals surface area contributed by atoms with Crippen LogP contribution in [0.25, 0.3) is 0 Å². The predicted molar refractivity (Wildman–Crippen MR) is 63.7 cm³/mol. The molecule has 0 bridgehead atoms. The molecule has 0 saturated carbocycles. The fourth-order valence-electron chi connectivity index (χ4n) is 1.35. The van der Waals surface area contributed by atoms with E-state index in [0.717, 1.165) is 11.3 Å². The van der Waals surface area contributed by atoms with Crippen LogP contribution < -0.4 is 10.5 Å². The molecule has 3 nitrogen and oxygen atoms in total. The van der Waals surface area contributed by atoms with E-state index in [-0.39, 0.29) is 0 Å². The molecule has 0 spiro atoms. The molecule has 1 aromatic carbocycles. The number of hydrogen-bond donors (Lipinski definition) is 1. The Balaban J connectivity index is 2.26. The first-order valence-electron chi connectivity index (χ1n) is 4.86. The summed E-state index contributed by atoms with van der Waals surface area (Å²) in [4.78, 5) is 3.95. The summed E-state index contributed by atoms with van der Waals surface area (Å²) in [6, 6.07) is 9.32. The van der Waals surface area contributed by atoms with E-state index in [9.17, 15) is 0 Å². The minimum absolute atomic E-state index is 0.435. The molecule has 16 heavy (non-hydrogen) atoms. The van der Waals surface area contributed by atoms with E-state index in [1.54, 1.807) is 18.5 Å². The van der Waals surface area contributed by atoms with Crippen LogP contribution >= 0.6 is 11.6 Å². The predicted octanol–water partition coefficient (Wildman–Crippen LogP) is 2.99. The largest absolute Gasteiger partial charge is 0.455 e. The molecule has 2 rings (SSSR count). The number of aromatic nitrogens is 1. The van der Waals surface area contributed by atoms with Crippen LogP contribution in [0.1, 0.15) is 5.56 Å². The molecule has 0 fully saturated rings. The van der Waals surface area contributed by atoms with Crippen LogP contribution in [0.5, 0.6) is 11.5 Å². The molecule has 0 aliphatic rings. The van der Waals surface area contributed by atoms with Gasteiger partial charge in [-0.1, -0.05) is 29.8 Å². The van der Waals surface area contributed by atoms with Crippen LogP contribution in [0.15, 0.2) is 42.7 Å². The van der Waals surface area contributed by atoms with Crippen molar-refractivity contribution in [3.63, 3.8) is 0 Å². The highest BCUT2D eigenvalue weighted by Gasteiger charge is 2.03. The molecule has 0 amide bonds. The Bertz CT molecular complexity index is 488. The van der Waals surface area contributed by atoms with E-state index in [1.165, 1.54) is 0 Å². The zero-order valence-corrected chi connectivity index (χ0v) is 9.32. The molecule has 0 unspecified atom stereocenters. The van der Waals surface area contributed by atoms with Crippen LogP contribution in [0.4, 0.5) is 0 Å². The normalized spacial score (nSPS) is 10.1. The van der Waals surface area contributed by atoms with Gasteiger partial charge in [-0.2, -0.15) is 0 Å². The van der Waals surface area contributed by atoms with Gasteiger partial charge in [0.2, 0.25) is 0 Å². The van der Waals surface area contributed by atoms with E-state index >= 15 is 0 Å². The van der Waals surface area contributed by atoms with Gasteiger partial charge in [0, 0.05) is 24.4 Å². The number of hydrogen-bond acceptors (Lipinski definition) is 3. The highest BCUT2D eigenvalue weighted by Crippen LogP contribution is 2.25. The average molecular weight is 235 g/mol. The molecule has 4 heteroatoms. The fraction of sp³-hybridized carbons (Fsp3) is 0.0833. The number of pyridine rings is 1. The van der Waals surface area contributed by atoms with Crippen molar-refractivity contribution in [2.45, 2.75) is 6.54 Å². The van der Waals surface area contributed by atoms with Crippen LogP contribution in [0, 0.1) is 0 Å². The SMILES string of the molecule is NCc1ccccc1Oc1cncc(Cl)c1. The van der Waals surface area contributed by atoms with Gasteiger partial charge in [-0.15, -0.1) is 0 Å². The van der Waals surface area contributed by atoms with Crippen LogP contribution in [0.2, 0.25) is 5.02 Å². The molecule has 1 heterocycles. The summed E-state index contributed by atoms with van der Waals surface area (Å²) >= 11 is 5.82. The first kappa shape index (κ1) is 10.9. The maximum Gasteiger partial charge on any atom is 0.147 e. The maximum atomic E-state index is 5.82. The second kappa shape index (κ2) is 4.96. The van der Waals surface area contributed by atoms with Crippen LogP contribution in [-0.2, 0) is 6.54 Å². The third-order valence-electron chi connectivity index (χ3n) is 2.10. The number of para-hydroxylation sites is 1. The van der Waals surface area contributed by atoms with Crippen molar-refractivity contribution in [3.05, 3.63) is 53.3 Å². The lowest BCUT2D eigenvalue weighted by Gasteiger charge is -2.09. The average Bonchev–Trinajstić information content (AvgIpc) is 2.30. The molecule has 82 valence electrons. The summed E-state index contributed by atoms with van der Waals surface area (Å²) in [6.45, 7) is 0.435. The minimum Gasteiger partial charge on any atom is -0.455 e. The molecule has 2 N–H and O–H groups in total. The Morgan fingerprint density at radius 2 is 2.06 bits per heavy atom. The van der Waals surface area contributed by atoms with Gasteiger partial charge in [0.1, 0.15) is 11.5 Å². The van der Waals surface area contributed by atoms with E-state index in [1.807, 2.05) is 24.3 Å². The van der Waals surface area contributed by atoms with Crippen LogP contribution in [-0.4, -0.2) is 4.98 Å². The number of nitrogens with zero attached hydrogens (tertiary/aromatic N) is 1. The lowest BCUT2D eigenvalue weighted by molar-refractivity contribution is 0.474. The van der Waals surface area contributed by atoms with E-state index in [0.29, 0.717) is 17.3 Å². The van der Waals surface area contributed by atoms with Crippen molar-refractivity contribution in [2.24, 2.45) is 5.73 Å². The van der Waals surface area contributed by atoms with Crippen molar-refractivity contribution in [1.82, 2.24) is 4.98 Å². The van der Waals surface area contributed by atoms with Gasteiger partial charge in [-0.05, 0) is 6.07 Å². The second-order valence-corrected chi connectivity index (χ2v) is 3.69. The Morgan fingerprint density at radius 1 is 1.25 bits per heavy atom. The standard InChI is InChI=1S/C12H11ClN2O/c13-10-5-11(8-15-7-10)16-12-4-2-1-3-9(12)6-14/h1-5,7-8H,6,14H2. The summed E-state index contributed by atoms with van der Waals surface area (Å²) in [5, 5.41) is 0.544. The number of nitrogens with two attached hydrogens (primary N) is 1. The van der Waals surface area contributed by atoms with Crippen molar-refractivity contribution in [2.75, 3.05) is 0 Å². The van der Waals surface area contributed by atoms with Crippen molar-refractivity contribution >= 4 is 11.6 Å². The molecule has 2 aromatic rings. The Labute approximate surface area is 98.8 Å². The molecular weight excluding hydrogens is 224 g/mol. The molecule has 0 aliphatic carbocycles. The smallest absolute Gasteiger partial charge is 0.147 e. The molecular formula is C12H11ClN2O. The Kier molecular flexibility index (Phi) is 3.39. The molecule has 0 aliphatic heterocycles. The first-order valence-corrected chi connectivity index (χ1v) is 5.24. The van der Waals surface area contributed by atoms with Crippen LogP contribution in [0.3, 0.4) is 0 Å². The molecule has 0 saturated heterocycles. The third-order valence-corrected chi connectivity index (χ3v) is 2.31. The highest BCUT2D eigenvalue weighted by molar-refractivity contribution is 6.30. The summed E-state index contributed by atoms with van der Waals surface area (Å²) < 4.78 is 5.65. The highest BCUT2D eigenvalue weighted by atomic mass is 35.5. The molecule has 0 radical (unpaired) electrons. The second-order valence-electron chi connectivity index (χ2n) is 3.25. The van der Waals surface area contributed by atoms with Crippen molar-refractivity contribution in [3.8, 4) is 11.5 Å². The van der Waals surface area contributed by atoms with Gasteiger partial charge < -0.3 is 10.5 Å². The number of halogens is 1. The maximum absolute atomic E-state index is 5.82. The van der Waals surface area contributed by atoms with E-state index in [2.05, 4.69) is 4.98 Å². The lowest BCUT2D eigenvalue weighted by Crippen LogP contribution is -1.99. The number of benzene rings is 1. The summed E-state index contributed by atoms with van der Waals surface area (Å²) in [5.41, 5.74) is 6.56. The topological polar surface area (TPSA) is 48.1 Å². The minimum atomic E-state index is 0.435. The van der Waals surface area contributed by atoms with Gasteiger partial charge >= 0.3 is 0 Å². The van der Waals surface area contributed by atoms with Crippen molar-refractivity contribution in [1.29, 1.82) is 0 Å². The first-order chi connectivity index (χ1) is 7.79. The quantitative estimate of drug-likeness (QED) is 0.888. The summed E-state index contributed by atoms with van der Waals surface area (Å²) in [7, 11) is 0. The Morgan fingerprint density at radius 3 is 2.81 bits per heavy atom. The Hall–Kier alpha value is -1.58. The number of rotatable bonds is 3. The zero-order chi connectivity index (χ0) is 11.4. The third kappa shape index (κ3) is 2.51. The van der Waals surface area contributed by atoms with Gasteiger partial charge in [0.15, 0.2) is 0 Å². The van der Waals surface area contributed by atoms with Gasteiger partial charge in [0.05, 0.1) is 11.2 Å². The fourth-order valence-corrected chi connectivity index (χ4v) is 1.51. The summed E-state index contributed by atoms with van der Waals surface area (Å²) in [6.07, 6.45) is 3.17. The van der Waals surface area contributed by atoms with E-state index in [4.69, 9.17) is 22.1 Å². The van der Waals surface area contributed by atoms with Crippen molar-refractivity contribution < 1.29 is 4.74 Å². The summed E-state index contributed by atoms with van der Waals surface area (Å²) in [5.74, 6) is 1.34. The molecule has 0 atom stereocenters. The number of ether oxygens (including phenoxy) is 1. The van der Waals surface area contributed by atoms with Gasteiger partial charge in [-0.25, -0.2) is 0 Å². The molecule has 1 aromatic heterocycles. The van der Waals surface area contributed by atoms with E-state index < -0.39 is 0 Å². The lowest BCUT2D eigenvalue weighted by atomic mass is 10.2.